The first-order valence-corrected chi connectivity index (χ1v) is 7.81. The van der Waals surface area contributed by atoms with Gasteiger partial charge in [-0.05, 0) is 24.0 Å². The molecule has 5 heteroatoms. The van der Waals surface area contributed by atoms with Crippen molar-refractivity contribution in [2.45, 2.75) is 32.5 Å². The highest BCUT2D eigenvalue weighted by molar-refractivity contribution is 5.91. The fourth-order valence-electron chi connectivity index (χ4n) is 2.34. The molecule has 0 heterocycles. The van der Waals surface area contributed by atoms with E-state index in [-0.39, 0.29) is 6.61 Å². The largest absolute Gasteiger partial charge is 0.432 e. The van der Waals surface area contributed by atoms with Crippen LogP contribution in [0.5, 0.6) is 0 Å². The highest BCUT2D eigenvalue weighted by Crippen LogP contribution is 2.25. The van der Waals surface area contributed by atoms with E-state index in [1.807, 2.05) is 36.4 Å². The summed E-state index contributed by atoms with van der Waals surface area (Å²) in [4.78, 5) is 4.95. The van der Waals surface area contributed by atoms with Gasteiger partial charge in [-0.25, -0.2) is 0 Å². The number of hydrogen-bond acceptors (Lipinski definition) is 2. The van der Waals surface area contributed by atoms with Gasteiger partial charge in [0.1, 0.15) is 6.61 Å². The second-order valence-corrected chi connectivity index (χ2v) is 5.66. The normalized spacial score (nSPS) is 13.6. The molecule has 0 N–H and O–H groups in total. The van der Waals surface area contributed by atoms with Gasteiger partial charge in [0, 0.05) is 5.92 Å². The van der Waals surface area contributed by atoms with Gasteiger partial charge in [-0.2, -0.15) is 13.2 Å². The molecule has 0 aliphatic carbocycles. The van der Waals surface area contributed by atoms with E-state index in [0.717, 1.165) is 11.1 Å². The van der Waals surface area contributed by atoms with Gasteiger partial charge >= 0.3 is 6.18 Å². The maximum atomic E-state index is 13.2. The van der Waals surface area contributed by atoms with E-state index in [4.69, 9.17) is 4.84 Å². The molecule has 24 heavy (non-hydrogen) atoms. The van der Waals surface area contributed by atoms with Gasteiger partial charge < -0.3 is 4.84 Å². The Labute approximate surface area is 140 Å². The lowest BCUT2D eigenvalue weighted by molar-refractivity contribution is -0.0669. The van der Waals surface area contributed by atoms with Crippen LogP contribution in [0.2, 0.25) is 0 Å². The zero-order valence-electron chi connectivity index (χ0n) is 13.5. The number of aryl methyl sites for hydroxylation is 1. The van der Waals surface area contributed by atoms with Crippen molar-refractivity contribution < 1.29 is 18.0 Å². The van der Waals surface area contributed by atoms with Crippen molar-refractivity contribution in [1.29, 1.82) is 0 Å². The van der Waals surface area contributed by atoms with Gasteiger partial charge in [0.2, 0.25) is 0 Å². The Kier molecular flexibility index (Phi) is 6.41. The molecule has 0 saturated heterocycles. The Bertz CT molecular complexity index is 639. The summed E-state index contributed by atoms with van der Waals surface area (Å²) in [5, 5.41) is 3.39. The molecular weight excluding hydrogens is 315 g/mol. The molecule has 128 valence electrons. The SMILES string of the molecule is CC(CCc1ccccc1)/C(=N/OCc1ccccc1)C(F)(F)F. The molecule has 0 fully saturated rings. The number of nitrogens with zero attached hydrogens (tertiary/aromatic N) is 1. The number of oxime groups is 1. The molecule has 0 bridgehead atoms. The van der Waals surface area contributed by atoms with Crippen LogP contribution < -0.4 is 0 Å². The number of halogens is 3. The van der Waals surface area contributed by atoms with Crippen LogP contribution in [0.15, 0.2) is 65.8 Å². The molecule has 0 amide bonds. The molecule has 1 unspecified atom stereocenters. The fraction of sp³-hybridized carbons (Fsp3) is 0.316. The summed E-state index contributed by atoms with van der Waals surface area (Å²) in [6.45, 7) is 1.55. The quantitative estimate of drug-likeness (QED) is 0.491. The van der Waals surface area contributed by atoms with Gasteiger partial charge in [0.25, 0.3) is 0 Å². The van der Waals surface area contributed by atoms with Crippen LogP contribution in [0.4, 0.5) is 13.2 Å². The third-order valence-electron chi connectivity index (χ3n) is 3.70. The van der Waals surface area contributed by atoms with Crippen LogP contribution in [-0.4, -0.2) is 11.9 Å². The fourth-order valence-corrected chi connectivity index (χ4v) is 2.34. The predicted molar refractivity (Wildman–Crippen MR) is 88.6 cm³/mol. The molecule has 2 nitrogen and oxygen atoms in total. The van der Waals surface area contributed by atoms with Crippen LogP contribution in [0, 0.1) is 5.92 Å². The minimum atomic E-state index is -4.49. The van der Waals surface area contributed by atoms with Crippen molar-refractivity contribution in [2.75, 3.05) is 0 Å². The predicted octanol–water partition coefficient (Wildman–Crippen LogP) is 5.39. The highest BCUT2D eigenvalue weighted by Gasteiger charge is 2.39. The van der Waals surface area contributed by atoms with E-state index in [1.54, 1.807) is 24.3 Å². The summed E-state index contributed by atoms with van der Waals surface area (Å²) >= 11 is 0. The third-order valence-corrected chi connectivity index (χ3v) is 3.70. The van der Waals surface area contributed by atoms with Crippen molar-refractivity contribution in [3.8, 4) is 0 Å². The maximum absolute atomic E-state index is 13.2. The molecule has 2 aromatic carbocycles. The first-order chi connectivity index (χ1) is 11.5. The third kappa shape index (κ3) is 5.72. The topological polar surface area (TPSA) is 21.6 Å². The zero-order chi connectivity index (χ0) is 17.4. The number of rotatable bonds is 7. The monoisotopic (exact) mass is 335 g/mol. The smallest absolute Gasteiger partial charge is 0.391 e. The van der Waals surface area contributed by atoms with Crippen molar-refractivity contribution in [3.63, 3.8) is 0 Å². The standard InChI is InChI=1S/C19H20F3NO/c1-15(12-13-16-8-4-2-5-9-16)18(19(20,21)22)23-24-14-17-10-6-3-7-11-17/h2-11,15H,12-14H2,1H3/b23-18-. The van der Waals surface area contributed by atoms with Crippen LogP contribution in [0.1, 0.15) is 24.5 Å². The van der Waals surface area contributed by atoms with Crippen molar-refractivity contribution in [1.82, 2.24) is 0 Å². The summed E-state index contributed by atoms with van der Waals surface area (Å²) in [7, 11) is 0. The Balaban J connectivity index is 1.97. The molecule has 0 aliphatic rings. The number of benzene rings is 2. The second-order valence-electron chi connectivity index (χ2n) is 5.66. The van der Waals surface area contributed by atoms with Crippen LogP contribution in [-0.2, 0) is 17.9 Å². The second kappa shape index (κ2) is 8.52. The van der Waals surface area contributed by atoms with E-state index in [0.29, 0.717) is 12.8 Å². The first-order valence-electron chi connectivity index (χ1n) is 7.81. The van der Waals surface area contributed by atoms with Crippen molar-refractivity contribution in [3.05, 3.63) is 71.8 Å². The van der Waals surface area contributed by atoms with Gasteiger partial charge in [0.15, 0.2) is 5.71 Å². The number of alkyl halides is 3. The van der Waals surface area contributed by atoms with Crippen LogP contribution in [0.25, 0.3) is 0 Å². The molecule has 1 atom stereocenters. The van der Waals surface area contributed by atoms with Gasteiger partial charge in [-0.1, -0.05) is 72.7 Å². The van der Waals surface area contributed by atoms with Gasteiger partial charge in [-0.15, -0.1) is 0 Å². The Morgan fingerprint density at radius 2 is 1.50 bits per heavy atom. The average molecular weight is 335 g/mol. The maximum Gasteiger partial charge on any atom is 0.432 e. The number of hydrogen-bond donors (Lipinski definition) is 0. The highest BCUT2D eigenvalue weighted by atomic mass is 19.4. The molecule has 2 aromatic rings. The lowest BCUT2D eigenvalue weighted by Gasteiger charge is -2.17. The lowest BCUT2D eigenvalue weighted by Crippen LogP contribution is -2.30. The Morgan fingerprint density at radius 1 is 0.958 bits per heavy atom. The van der Waals surface area contributed by atoms with Crippen LogP contribution >= 0.6 is 0 Å². The summed E-state index contributed by atoms with van der Waals surface area (Å²) in [5.74, 6) is -0.735. The van der Waals surface area contributed by atoms with Crippen molar-refractivity contribution >= 4 is 5.71 Å². The summed E-state index contributed by atoms with van der Waals surface area (Å²) in [5.41, 5.74) is 0.921. The summed E-state index contributed by atoms with van der Waals surface area (Å²) < 4.78 is 39.6. The summed E-state index contributed by atoms with van der Waals surface area (Å²) in [6, 6.07) is 18.4. The Morgan fingerprint density at radius 3 is 2.04 bits per heavy atom. The molecule has 0 saturated carbocycles. The molecule has 0 spiro atoms. The first kappa shape index (κ1) is 18.0. The molecule has 2 rings (SSSR count). The van der Waals surface area contributed by atoms with E-state index in [1.165, 1.54) is 6.92 Å². The lowest BCUT2D eigenvalue weighted by atomic mass is 9.96. The molecular formula is C19H20F3NO. The average Bonchev–Trinajstić information content (AvgIpc) is 2.57. The minimum Gasteiger partial charge on any atom is -0.391 e. The Hall–Kier alpha value is -2.30. The zero-order valence-corrected chi connectivity index (χ0v) is 13.5. The minimum absolute atomic E-state index is 0.0197. The van der Waals surface area contributed by atoms with Gasteiger partial charge in [-0.3, -0.25) is 0 Å². The van der Waals surface area contributed by atoms with Gasteiger partial charge in [0.05, 0.1) is 0 Å². The van der Waals surface area contributed by atoms with E-state index >= 15 is 0 Å². The van der Waals surface area contributed by atoms with E-state index in [9.17, 15) is 13.2 Å². The van der Waals surface area contributed by atoms with E-state index < -0.39 is 17.8 Å². The van der Waals surface area contributed by atoms with E-state index in [2.05, 4.69) is 5.16 Å². The molecule has 0 aromatic heterocycles. The molecule has 0 aliphatic heterocycles. The van der Waals surface area contributed by atoms with Crippen LogP contribution in [0.3, 0.4) is 0 Å². The summed E-state index contributed by atoms with van der Waals surface area (Å²) in [6.07, 6.45) is -3.57. The molecule has 0 radical (unpaired) electrons. The van der Waals surface area contributed by atoms with Crippen molar-refractivity contribution in [2.24, 2.45) is 11.1 Å².